The first-order valence-electron chi connectivity index (χ1n) is 4.50. The third-order valence-corrected chi connectivity index (χ3v) is 2.54. The lowest BCUT2D eigenvalue weighted by atomic mass is 10.2. The standard InChI is InChI=1S/C9H14N2O2S/c1-7(2-3-9(12)13)10-4-8-5-14-6-11-8/h5-7,10H,2-4H2,1H3,(H,12,13). The lowest BCUT2D eigenvalue weighted by molar-refractivity contribution is -0.137. The van der Waals surface area contributed by atoms with Crippen molar-refractivity contribution in [1.82, 2.24) is 10.3 Å². The number of rotatable bonds is 6. The number of hydrogen-bond donors (Lipinski definition) is 2. The van der Waals surface area contributed by atoms with Gasteiger partial charge in [0.1, 0.15) is 0 Å². The molecular weight excluding hydrogens is 200 g/mol. The zero-order valence-corrected chi connectivity index (χ0v) is 8.88. The van der Waals surface area contributed by atoms with Gasteiger partial charge in [-0.05, 0) is 13.3 Å². The summed E-state index contributed by atoms with van der Waals surface area (Å²) in [5.74, 6) is -0.743. The van der Waals surface area contributed by atoms with Gasteiger partial charge in [-0.15, -0.1) is 11.3 Å². The highest BCUT2D eigenvalue weighted by atomic mass is 32.1. The fraction of sp³-hybridized carbons (Fsp3) is 0.556. The minimum atomic E-state index is -0.743. The van der Waals surface area contributed by atoms with Gasteiger partial charge in [-0.25, -0.2) is 4.98 Å². The van der Waals surface area contributed by atoms with Crippen molar-refractivity contribution in [3.63, 3.8) is 0 Å². The van der Waals surface area contributed by atoms with Crippen LogP contribution in [0.4, 0.5) is 0 Å². The number of nitrogens with zero attached hydrogens (tertiary/aromatic N) is 1. The summed E-state index contributed by atoms with van der Waals surface area (Å²) in [5.41, 5.74) is 2.80. The Morgan fingerprint density at radius 2 is 2.57 bits per heavy atom. The molecule has 0 aliphatic rings. The zero-order chi connectivity index (χ0) is 10.4. The van der Waals surface area contributed by atoms with Gasteiger partial charge in [0, 0.05) is 24.4 Å². The molecule has 0 saturated carbocycles. The van der Waals surface area contributed by atoms with E-state index in [9.17, 15) is 4.79 Å². The van der Waals surface area contributed by atoms with Gasteiger partial charge >= 0.3 is 5.97 Å². The van der Waals surface area contributed by atoms with Crippen molar-refractivity contribution in [1.29, 1.82) is 0 Å². The number of hydrogen-bond acceptors (Lipinski definition) is 4. The maximum absolute atomic E-state index is 10.3. The van der Waals surface area contributed by atoms with E-state index in [1.54, 1.807) is 16.8 Å². The highest BCUT2D eigenvalue weighted by Crippen LogP contribution is 2.02. The van der Waals surface area contributed by atoms with E-state index in [1.165, 1.54) is 0 Å². The van der Waals surface area contributed by atoms with Gasteiger partial charge in [0.25, 0.3) is 0 Å². The predicted octanol–water partition coefficient (Wildman–Crippen LogP) is 1.49. The van der Waals surface area contributed by atoms with E-state index in [-0.39, 0.29) is 12.5 Å². The molecule has 5 heteroatoms. The van der Waals surface area contributed by atoms with Crippen molar-refractivity contribution in [2.24, 2.45) is 0 Å². The molecule has 0 radical (unpaired) electrons. The molecule has 1 heterocycles. The molecule has 1 aromatic heterocycles. The third-order valence-electron chi connectivity index (χ3n) is 1.91. The summed E-state index contributed by atoms with van der Waals surface area (Å²) in [6, 6.07) is 0.216. The van der Waals surface area contributed by atoms with Gasteiger partial charge in [-0.1, -0.05) is 0 Å². The summed E-state index contributed by atoms with van der Waals surface area (Å²) in [6.45, 7) is 2.69. The molecule has 78 valence electrons. The molecule has 1 atom stereocenters. The molecule has 2 N–H and O–H groups in total. The normalized spacial score (nSPS) is 12.6. The molecule has 4 nitrogen and oxygen atoms in total. The van der Waals surface area contributed by atoms with Crippen molar-refractivity contribution in [2.45, 2.75) is 32.4 Å². The Bertz CT molecular complexity index is 274. The predicted molar refractivity (Wildman–Crippen MR) is 55.3 cm³/mol. The van der Waals surface area contributed by atoms with E-state index in [1.807, 2.05) is 12.3 Å². The van der Waals surface area contributed by atoms with Gasteiger partial charge in [-0.3, -0.25) is 4.79 Å². The molecule has 0 aliphatic heterocycles. The molecule has 0 saturated heterocycles. The SMILES string of the molecule is CC(CCC(=O)O)NCc1cscn1. The van der Waals surface area contributed by atoms with Crippen LogP contribution < -0.4 is 5.32 Å². The molecule has 0 fully saturated rings. The summed E-state index contributed by atoms with van der Waals surface area (Å²) < 4.78 is 0. The van der Waals surface area contributed by atoms with Crippen LogP contribution in [0.2, 0.25) is 0 Å². The number of thiazole rings is 1. The number of aromatic nitrogens is 1. The van der Waals surface area contributed by atoms with E-state index in [0.29, 0.717) is 13.0 Å². The average Bonchev–Trinajstić information content (AvgIpc) is 2.63. The first-order valence-corrected chi connectivity index (χ1v) is 5.45. The minimum absolute atomic E-state index is 0.214. The molecule has 0 bridgehead atoms. The van der Waals surface area contributed by atoms with Crippen LogP contribution in [0.5, 0.6) is 0 Å². The molecule has 0 amide bonds. The van der Waals surface area contributed by atoms with Crippen molar-refractivity contribution in [2.75, 3.05) is 0 Å². The number of carbonyl (C=O) groups is 1. The van der Waals surface area contributed by atoms with Crippen LogP contribution in [0, 0.1) is 0 Å². The topological polar surface area (TPSA) is 62.2 Å². The van der Waals surface area contributed by atoms with Crippen LogP contribution in [0.25, 0.3) is 0 Å². The van der Waals surface area contributed by atoms with Crippen molar-refractivity contribution in [3.05, 3.63) is 16.6 Å². The fourth-order valence-electron chi connectivity index (χ4n) is 1.05. The van der Waals surface area contributed by atoms with Crippen LogP contribution in [0.15, 0.2) is 10.9 Å². The van der Waals surface area contributed by atoms with Gasteiger partial charge in [0.2, 0.25) is 0 Å². The Kier molecular flexibility index (Phi) is 4.55. The quantitative estimate of drug-likeness (QED) is 0.753. The maximum atomic E-state index is 10.3. The Morgan fingerprint density at radius 3 is 3.14 bits per heavy atom. The Morgan fingerprint density at radius 1 is 1.79 bits per heavy atom. The second-order valence-electron chi connectivity index (χ2n) is 3.19. The smallest absolute Gasteiger partial charge is 0.303 e. The molecule has 1 unspecified atom stereocenters. The molecule has 14 heavy (non-hydrogen) atoms. The fourth-order valence-corrected chi connectivity index (χ4v) is 1.60. The monoisotopic (exact) mass is 214 g/mol. The highest BCUT2D eigenvalue weighted by Gasteiger charge is 2.05. The number of aliphatic carboxylic acids is 1. The molecule has 0 aliphatic carbocycles. The molecule has 0 aromatic carbocycles. The summed E-state index contributed by atoms with van der Waals surface area (Å²) in [6.07, 6.45) is 0.866. The van der Waals surface area contributed by atoms with Gasteiger partial charge in [0.05, 0.1) is 11.2 Å². The van der Waals surface area contributed by atoms with Crippen LogP contribution in [-0.2, 0) is 11.3 Å². The summed E-state index contributed by atoms with van der Waals surface area (Å²) in [7, 11) is 0. The van der Waals surface area contributed by atoms with E-state index in [0.717, 1.165) is 5.69 Å². The van der Waals surface area contributed by atoms with Crippen LogP contribution in [-0.4, -0.2) is 22.1 Å². The van der Waals surface area contributed by atoms with E-state index >= 15 is 0 Å². The Balaban J connectivity index is 2.15. The summed E-state index contributed by atoms with van der Waals surface area (Å²) in [4.78, 5) is 14.4. The van der Waals surface area contributed by atoms with E-state index in [2.05, 4.69) is 10.3 Å². The minimum Gasteiger partial charge on any atom is -0.481 e. The second kappa shape index (κ2) is 5.72. The van der Waals surface area contributed by atoms with Crippen LogP contribution in [0.3, 0.4) is 0 Å². The lowest BCUT2D eigenvalue weighted by Gasteiger charge is -2.10. The molecule has 1 aromatic rings. The molecule has 0 spiro atoms. The number of carboxylic acid groups (broad SMARTS) is 1. The van der Waals surface area contributed by atoms with Crippen molar-refractivity contribution in [3.8, 4) is 0 Å². The first kappa shape index (κ1) is 11.1. The Labute approximate surface area is 87.0 Å². The molecule has 1 rings (SSSR count). The summed E-state index contributed by atoms with van der Waals surface area (Å²) in [5, 5.41) is 13.7. The maximum Gasteiger partial charge on any atom is 0.303 e. The van der Waals surface area contributed by atoms with Gasteiger partial charge in [0.15, 0.2) is 0 Å². The zero-order valence-electron chi connectivity index (χ0n) is 8.06. The summed E-state index contributed by atoms with van der Waals surface area (Å²) >= 11 is 1.56. The largest absolute Gasteiger partial charge is 0.481 e. The van der Waals surface area contributed by atoms with Gasteiger partial charge < -0.3 is 10.4 Å². The Hall–Kier alpha value is -0.940. The lowest BCUT2D eigenvalue weighted by Crippen LogP contribution is -2.26. The first-order chi connectivity index (χ1) is 6.68. The number of carboxylic acids is 1. The van der Waals surface area contributed by atoms with Crippen molar-refractivity contribution >= 4 is 17.3 Å². The third kappa shape index (κ3) is 4.34. The number of nitrogens with one attached hydrogen (secondary N) is 1. The van der Waals surface area contributed by atoms with Gasteiger partial charge in [-0.2, -0.15) is 0 Å². The van der Waals surface area contributed by atoms with Crippen molar-refractivity contribution < 1.29 is 9.90 Å². The second-order valence-corrected chi connectivity index (χ2v) is 3.91. The van der Waals surface area contributed by atoms with Crippen LogP contribution >= 0.6 is 11.3 Å². The van der Waals surface area contributed by atoms with E-state index < -0.39 is 5.97 Å². The van der Waals surface area contributed by atoms with Crippen LogP contribution in [0.1, 0.15) is 25.5 Å². The van der Waals surface area contributed by atoms with E-state index in [4.69, 9.17) is 5.11 Å². The highest BCUT2D eigenvalue weighted by molar-refractivity contribution is 7.07. The average molecular weight is 214 g/mol. The molecular formula is C9H14N2O2S.